The van der Waals surface area contributed by atoms with Gasteiger partial charge in [-0.2, -0.15) is 0 Å². The summed E-state index contributed by atoms with van der Waals surface area (Å²) < 4.78 is 48.7. The first-order valence-electron chi connectivity index (χ1n) is 9.49. The van der Waals surface area contributed by atoms with Crippen LogP contribution < -0.4 is 15.4 Å². The largest absolute Gasteiger partial charge is 0.573 e. The lowest BCUT2D eigenvalue weighted by Crippen LogP contribution is -2.48. The van der Waals surface area contributed by atoms with Crippen LogP contribution in [-0.4, -0.2) is 47.2 Å². The quantitative estimate of drug-likeness (QED) is 0.629. The van der Waals surface area contributed by atoms with E-state index < -0.39 is 18.4 Å². The molecule has 2 N–H and O–H groups in total. The van der Waals surface area contributed by atoms with Crippen LogP contribution >= 0.6 is 0 Å². The average Bonchev–Trinajstić information content (AvgIpc) is 3.17. The van der Waals surface area contributed by atoms with Crippen LogP contribution in [0.1, 0.15) is 0 Å². The van der Waals surface area contributed by atoms with Crippen molar-refractivity contribution in [2.75, 3.05) is 18.5 Å². The van der Waals surface area contributed by atoms with Crippen LogP contribution in [0.3, 0.4) is 0 Å². The van der Waals surface area contributed by atoms with Crippen molar-refractivity contribution in [3.05, 3.63) is 60.7 Å². The number of para-hydroxylation sites is 1. The van der Waals surface area contributed by atoms with Gasteiger partial charge in [0, 0.05) is 11.6 Å². The van der Waals surface area contributed by atoms with Crippen molar-refractivity contribution in [1.82, 2.24) is 15.1 Å². The molecule has 0 aliphatic carbocycles. The Bertz CT molecular complexity index is 1120. The first-order chi connectivity index (χ1) is 15.3. The number of ether oxygens (including phenoxy) is 2. The van der Waals surface area contributed by atoms with Gasteiger partial charge in [0.25, 0.3) is 5.91 Å². The normalized spacial score (nSPS) is 16.3. The van der Waals surface area contributed by atoms with Gasteiger partial charge in [0.2, 0.25) is 5.91 Å². The molecule has 32 heavy (non-hydrogen) atoms. The smallest absolute Gasteiger partial charge is 0.406 e. The number of alkyl halides is 3. The minimum absolute atomic E-state index is 0.0216. The van der Waals surface area contributed by atoms with Crippen LogP contribution in [0, 0.1) is 0 Å². The van der Waals surface area contributed by atoms with Gasteiger partial charge in [-0.05, 0) is 24.3 Å². The summed E-state index contributed by atoms with van der Waals surface area (Å²) >= 11 is 0. The van der Waals surface area contributed by atoms with Gasteiger partial charge in [0.15, 0.2) is 11.9 Å². The second-order valence-corrected chi connectivity index (χ2v) is 6.83. The molecule has 3 aromatic rings. The fourth-order valence-electron chi connectivity index (χ4n) is 3.13. The first-order valence-corrected chi connectivity index (χ1v) is 9.49. The van der Waals surface area contributed by atoms with Gasteiger partial charge in [0.1, 0.15) is 12.4 Å². The van der Waals surface area contributed by atoms with Crippen LogP contribution in [0.25, 0.3) is 16.9 Å². The molecule has 1 fully saturated rings. The molecule has 1 saturated heterocycles. The summed E-state index contributed by atoms with van der Waals surface area (Å²) in [6.45, 7) is -0.207. The number of hydrogen-bond donors (Lipinski definition) is 2. The van der Waals surface area contributed by atoms with Crippen LogP contribution in [0.15, 0.2) is 60.7 Å². The summed E-state index contributed by atoms with van der Waals surface area (Å²) in [6, 6.07) is 15.9. The number of aromatic nitrogens is 2. The molecule has 1 aliphatic heterocycles. The number of morpholine rings is 1. The highest BCUT2D eigenvalue weighted by atomic mass is 19.4. The zero-order valence-corrected chi connectivity index (χ0v) is 16.4. The monoisotopic (exact) mass is 446 g/mol. The van der Waals surface area contributed by atoms with Gasteiger partial charge >= 0.3 is 6.36 Å². The van der Waals surface area contributed by atoms with E-state index in [1.54, 1.807) is 30.3 Å². The molecule has 0 radical (unpaired) electrons. The van der Waals surface area contributed by atoms with Gasteiger partial charge < -0.3 is 20.1 Å². The van der Waals surface area contributed by atoms with E-state index >= 15 is 0 Å². The Morgan fingerprint density at radius 2 is 1.94 bits per heavy atom. The molecule has 2 heterocycles. The highest BCUT2D eigenvalue weighted by Crippen LogP contribution is 2.31. The van der Waals surface area contributed by atoms with Crippen molar-refractivity contribution in [2.45, 2.75) is 12.5 Å². The van der Waals surface area contributed by atoms with Crippen molar-refractivity contribution < 1.29 is 32.2 Å². The topological polar surface area (TPSA) is 94.5 Å². The minimum Gasteiger partial charge on any atom is -0.406 e. The second kappa shape index (κ2) is 8.71. The van der Waals surface area contributed by atoms with Crippen molar-refractivity contribution in [3.8, 4) is 22.7 Å². The Morgan fingerprint density at radius 1 is 1.16 bits per heavy atom. The van der Waals surface area contributed by atoms with E-state index in [4.69, 9.17) is 4.74 Å². The first kappa shape index (κ1) is 21.4. The summed E-state index contributed by atoms with van der Waals surface area (Å²) in [7, 11) is 0. The summed E-state index contributed by atoms with van der Waals surface area (Å²) in [5.74, 6) is -1.04. The maximum absolute atomic E-state index is 12.6. The molecule has 166 valence electrons. The van der Waals surface area contributed by atoms with Gasteiger partial charge in [0.05, 0.1) is 17.9 Å². The van der Waals surface area contributed by atoms with E-state index in [2.05, 4.69) is 20.5 Å². The van der Waals surface area contributed by atoms with Crippen molar-refractivity contribution >= 4 is 17.6 Å². The second-order valence-electron chi connectivity index (χ2n) is 6.83. The van der Waals surface area contributed by atoms with Gasteiger partial charge in [-0.15, -0.1) is 18.3 Å². The number of carbonyl (C=O) groups is 2. The van der Waals surface area contributed by atoms with E-state index in [9.17, 15) is 22.8 Å². The van der Waals surface area contributed by atoms with E-state index in [-0.39, 0.29) is 30.6 Å². The number of nitrogens with zero attached hydrogens (tertiary/aromatic N) is 2. The van der Waals surface area contributed by atoms with Crippen LogP contribution in [-0.2, 0) is 14.3 Å². The van der Waals surface area contributed by atoms with Crippen LogP contribution in [0.4, 0.5) is 19.0 Å². The molecule has 0 saturated carbocycles. The highest BCUT2D eigenvalue weighted by Gasteiger charge is 2.31. The maximum atomic E-state index is 12.6. The lowest BCUT2D eigenvalue weighted by molar-refractivity contribution is -0.274. The summed E-state index contributed by atoms with van der Waals surface area (Å²) in [6.07, 6.45) is -5.71. The van der Waals surface area contributed by atoms with E-state index in [1.165, 1.54) is 28.9 Å². The third kappa shape index (κ3) is 5.06. The van der Waals surface area contributed by atoms with Crippen molar-refractivity contribution in [3.63, 3.8) is 0 Å². The van der Waals surface area contributed by atoms with Crippen LogP contribution in [0.5, 0.6) is 5.75 Å². The Labute approximate surface area is 179 Å². The predicted molar refractivity (Wildman–Crippen MR) is 107 cm³/mol. The van der Waals surface area contributed by atoms with Crippen LogP contribution in [0.2, 0.25) is 0 Å². The number of benzene rings is 2. The molecule has 1 aromatic heterocycles. The number of halogens is 3. The van der Waals surface area contributed by atoms with Crippen molar-refractivity contribution in [1.29, 1.82) is 0 Å². The standard InChI is InChI=1S/C21H17F3N4O4/c22-21(23,24)32-15-8-4-5-13(9-15)16-10-18(27-28(16)14-6-2-1-3-7-14)26-20(30)17-11-25-19(29)12-31-17/h1-10,17H,11-12H2,(H,25,29)(H,26,27,30). The van der Waals surface area contributed by atoms with E-state index in [0.717, 1.165) is 0 Å². The Balaban J connectivity index is 1.66. The molecule has 2 amide bonds. The highest BCUT2D eigenvalue weighted by molar-refractivity contribution is 5.95. The molecule has 8 nitrogen and oxygen atoms in total. The van der Waals surface area contributed by atoms with E-state index in [1.807, 2.05) is 6.07 Å². The molecule has 1 aliphatic rings. The molecule has 1 unspecified atom stereocenters. The Hall–Kier alpha value is -3.86. The van der Waals surface area contributed by atoms with Gasteiger partial charge in [-0.1, -0.05) is 30.3 Å². The third-order valence-electron chi connectivity index (χ3n) is 4.52. The summed E-state index contributed by atoms with van der Waals surface area (Å²) in [5, 5.41) is 9.55. The van der Waals surface area contributed by atoms with E-state index in [0.29, 0.717) is 16.9 Å². The third-order valence-corrected chi connectivity index (χ3v) is 4.52. The predicted octanol–water partition coefficient (Wildman–Crippen LogP) is 2.89. The molecule has 2 aromatic carbocycles. The zero-order chi connectivity index (χ0) is 22.7. The molecular weight excluding hydrogens is 429 g/mol. The summed E-state index contributed by atoms with van der Waals surface area (Å²) in [5.41, 5.74) is 1.45. The molecule has 0 spiro atoms. The van der Waals surface area contributed by atoms with Gasteiger partial charge in [-0.25, -0.2) is 4.68 Å². The zero-order valence-electron chi connectivity index (χ0n) is 16.4. The molecule has 4 rings (SSSR count). The summed E-state index contributed by atoms with van der Waals surface area (Å²) in [4.78, 5) is 23.7. The lowest BCUT2D eigenvalue weighted by atomic mass is 10.1. The van der Waals surface area contributed by atoms with Gasteiger partial charge in [-0.3, -0.25) is 9.59 Å². The fourth-order valence-corrected chi connectivity index (χ4v) is 3.13. The average molecular weight is 446 g/mol. The SMILES string of the molecule is O=C1COC(C(=O)Nc2cc(-c3cccc(OC(F)(F)F)c3)n(-c3ccccc3)n2)CN1. The Kier molecular flexibility index (Phi) is 5.82. The minimum atomic E-state index is -4.83. The number of carbonyl (C=O) groups excluding carboxylic acids is 2. The number of anilines is 1. The molecule has 1 atom stereocenters. The Morgan fingerprint density at radius 3 is 2.62 bits per heavy atom. The lowest BCUT2D eigenvalue weighted by Gasteiger charge is -2.21. The number of hydrogen-bond acceptors (Lipinski definition) is 5. The molecule has 11 heteroatoms. The number of amides is 2. The molecular formula is C21H17F3N4O4. The maximum Gasteiger partial charge on any atom is 0.573 e. The molecule has 0 bridgehead atoms. The number of nitrogens with one attached hydrogen (secondary N) is 2. The number of rotatable bonds is 5. The van der Waals surface area contributed by atoms with Crippen molar-refractivity contribution in [2.24, 2.45) is 0 Å². The fraction of sp³-hybridized carbons (Fsp3) is 0.190.